The second-order valence-corrected chi connectivity index (χ2v) is 4.75. The van der Waals surface area contributed by atoms with E-state index in [9.17, 15) is 4.39 Å². The summed E-state index contributed by atoms with van der Waals surface area (Å²) in [7, 11) is 0. The number of hydrogen-bond acceptors (Lipinski definition) is 3. The van der Waals surface area contributed by atoms with E-state index in [-0.39, 0.29) is 5.02 Å². The summed E-state index contributed by atoms with van der Waals surface area (Å²) in [5, 5.41) is 8.17. The van der Waals surface area contributed by atoms with Gasteiger partial charge in [-0.1, -0.05) is 17.7 Å². The highest BCUT2D eigenvalue weighted by Crippen LogP contribution is 2.39. The van der Waals surface area contributed by atoms with Crippen LogP contribution in [0.25, 0.3) is 11.4 Å². The third kappa shape index (κ3) is 1.79. The van der Waals surface area contributed by atoms with Crippen LogP contribution in [0.2, 0.25) is 5.02 Å². The molecule has 0 radical (unpaired) electrons. The Kier molecular flexibility index (Phi) is 2.80. The molecule has 6 heteroatoms. The highest BCUT2D eigenvalue weighted by molar-refractivity contribution is 6.31. The molecule has 0 saturated heterocycles. The summed E-state index contributed by atoms with van der Waals surface area (Å²) in [5.41, 5.74) is 6.01. The first-order valence-corrected chi connectivity index (χ1v) is 6.18. The predicted octanol–water partition coefficient (Wildman–Crippen LogP) is 2.53. The highest BCUT2D eigenvalue weighted by atomic mass is 35.5. The minimum Gasteiger partial charge on any atom is -0.324 e. The third-order valence-corrected chi connectivity index (χ3v) is 3.35. The summed E-state index contributed by atoms with van der Waals surface area (Å²) in [6.07, 6.45) is 2.11. The first-order chi connectivity index (χ1) is 8.72. The van der Waals surface area contributed by atoms with Gasteiger partial charge in [-0.2, -0.15) is 0 Å². The van der Waals surface area contributed by atoms with E-state index in [0.29, 0.717) is 29.8 Å². The van der Waals surface area contributed by atoms with E-state index in [4.69, 9.17) is 17.3 Å². The largest absolute Gasteiger partial charge is 0.324 e. The normalized spacial score (nSPS) is 15.1. The topological polar surface area (TPSA) is 56.7 Å². The van der Waals surface area contributed by atoms with Crippen LogP contribution in [0.1, 0.15) is 24.7 Å². The Labute approximate surface area is 109 Å². The fraction of sp³-hybridized carbons (Fsp3) is 0.333. The molecule has 18 heavy (non-hydrogen) atoms. The minimum absolute atomic E-state index is 0.0899. The zero-order valence-electron chi connectivity index (χ0n) is 9.61. The van der Waals surface area contributed by atoms with Crippen molar-refractivity contribution in [2.45, 2.75) is 25.4 Å². The second kappa shape index (κ2) is 4.33. The molecule has 0 bridgehead atoms. The SMILES string of the molecule is NCc1nnc(-c2cccc(Cl)c2F)n1C1CC1. The van der Waals surface area contributed by atoms with Crippen LogP contribution in [0.15, 0.2) is 18.2 Å². The predicted molar refractivity (Wildman–Crippen MR) is 66.6 cm³/mol. The molecule has 0 amide bonds. The number of hydrogen-bond donors (Lipinski definition) is 1. The zero-order valence-corrected chi connectivity index (χ0v) is 10.4. The number of nitrogens with zero attached hydrogens (tertiary/aromatic N) is 3. The molecule has 1 aliphatic rings. The third-order valence-electron chi connectivity index (χ3n) is 3.05. The molecule has 2 aromatic rings. The van der Waals surface area contributed by atoms with E-state index in [0.717, 1.165) is 12.8 Å². The fourth-order valence-electron chi connectivity index (χ4n) is 2.04. The van der Waals surface area contributed by atoms with E-state index in [2.05, 4.69) is 10.2 Å². The van der Waals surface area contributed by atoms with Crippen LogP contribution >= 0.6 is 11.6 Å². The van der Waals surface area contributed by atoms with Crippen molar-refractivity contribution in [1.82, 2.24) is 14.8 Å². The molecular formula is C12H12ClFN4. The average molecular weight is 267 g/mol. The average Bonchev–Trinajstić information content (AvgIpc) is 3.12. The Morgan fingerprint density at radius 2 is 2.17 bits per heavy atom. The number of halogens is 2. The van der Waals surface area contributed by atoms with Gasteiger partial charge >= 0.3 is 0 Å². The van der Waals surface area contributed by atoms with Gasteiger partial charge in [0.2, 0.25) is 0 Å². The molecule has 1 aromatic heterocycles. The van der Waals surface area contributed by atoms with Crippen molar-refractivity contribution >= 4 is 11.6 Å². The number of nitrogens with two attached hydrogens (primary N) is 1. The Hall–Kier alpha value is -1.46. The first kappa shape index (κ1) is 11.6. The maximum absolute atomic E-state index is 14.0. The van der Waals surface area contributed by atoms with Crippen LogP contribution < -0.4 is 5.73 Å². The van der Waals surface area contributed by atoms with E-state index in [1.165, 1.54) is 6.07 Å². The van der Waals surface area contributed by atoms with Crippen LogP contribution in [0.4, 0.5) is 4.39 Å². The van der Waals surface area contributed by atoms with E-state index < -0.39 is 5.82 Å². The number of aromatic nitrogens is 3. The van der Waals surface area contributed by atoms with Gasteiger partial charge in [-0.05, 0) is 25.0 Å². The number of rotatable bonds is 3. The first-order valence-electron chi connectivity index (χ1n) is 5.80. The molecule has 1 heterocycles. The van der Waals surface area contributed by atoms with Gasteiger partial charge in [-0.3, -0.25) is 0 Å². The van der Waals surface area contributed by atoms with Crippen molar-refractivity contribution in [1.29, 1.82) is 0 Å². The Morgan fingerprint density at radius 1 is 1.39 bits per heavy atom. The van der Waals surface area contributed by atoms with Gasteiger partial charge in [-0.25, -0.2) is 4.39 Å². The molecule has 1 saturated carbocycles. The van der Waals surface area contributed by atoms with Gasteiger partial charge in [0.1, 0.15) is 5.82 Å². The maximum Gasteiger partial charge on any atom is 0.167 e. The van der Waals surface area contributed by atoms with Gasteiger partial charge in [0.25, 0.3) is 0 Å². The van der Waals surface area contributed by atoms with Crippen molar-refractivity contribution < 1.29 is 4.39 Å². The maximum atomic E-state index is 14.0. The van der Waals surface area contributed by atoms with E-state index in [1.54, 1.807) is 12.1 Å². The molecule has 0 spiro atoms. The van der Waals surface area contributed by atoms with E-state index >= 15 is 0 Å². The van der Waals surface area contributed by atoms with Crippen molar-refractivity contribution in [3.8, 4) is 11.4 Å². The second-order valence-electron chi connectivity index (χ2n) is 4.35. The fourth-order valence-corrected chi connectivity index (χ4v) is 2.21. The quantitative estimate of drug-likeness (QED) is 0.929. The zero-order chi connectivity index (χ0) is 12.7. The lowest BCUT2D eigenvalue weighted by Gasteiger charge is -2.09. The molecule has 0 unspecified atom stereocenters. The van der Waals surface area contributed by atoms with Crippen LogP contribution in [0.5, 0.6) is 0 Å². The standard InChI is InChI=1S/C12H12ClFN4/c13-9-3-1-2-8(11(9)14)12-17-16-10(6-15)18(12)7-4-5-7/h1-3,7H,4-6,15H2. The molecule has 1 aromatic carbocycles. The van der Waals surface area contributed by atoms with Crippen LogP contribution in [0.3, 0.4) is 0 Å². The summed E-state index contributed by atoms with van der Waals surface area (Å²) in [6.45, 7) is 0.297. The Balaban J connectivity index is 2.17. The monoisotopic (exact) mass is 266 g/mol. The summed E-state index contributed by atoms with van der Waals surface area (Å²) in [6, 6.07) is 5.22. The number of benzene rings is 1. The van der Waals surface area contributed by atoms with Gasteiger partial charge in [0.15, 0.2) is 11.6 Å². The molecule has 94 valence electrons. The molecule has 3 rings (SSSR count). The highest BCUT2D eigenvalue weighted by Gasteiger charge is 2.30. The molecule has 1 aliphatic carbocycles. The van der Waals surface area contributed by atoms with Crippen LogP contribution in [-0.2, 0) is 6.54 Å². The van der Waals surface area contributed by atoms with Gasteiger partial charge in [0, 0.05) is 6.04 Å². The lowest BCUT2D eigenvalue weighted by molar-refractivity contribution is 0.625. The summed E-state index contributed by atoms with van der Waals surface area (Å²) < 4.78 is 15.9. The Morgan fingerprint density at radius 3 is 2.83 bits per heavy atom. The molecule has 0 aliphatic heterocycles. The summed E-state index contributed by atoms with van der Waals surface area (Å²) in [4.78, 5) is 0. The van der Waals surface area contributed by atoms with Crippen LogP contribution in [0, 0.1) is 5.82 Å². The van der Waals surface area contributed by atoms with Crippen molar-refractivity contribution in [2.75, 3.05) is 0 Å². The molecule has 0 atom stereocenters. The molecular weight excluding hydrogens is 255 g/mol. The van der Waals surface area contributed by atoms with Gasteiger partial charge in [-0.15, -0.1) is 10.2 Å². The van der Waals surface area contributed by atoms with Crippen molar-refractivity contribution in [3.05, 3.63) is 34.9 Å². The molecule has 1 fully saturated rings. The molecule has 2 N–H and O–H groups in total. The molecule has 4 nitrogen and oxygen atoms in total. The van der Waals surface area contributed by atoms with Gasteiger partial charge < -0.3 is 10.3 Å². The summed E-state index contributed by atoms with van der Waals surface area (Å²) >= 11 is 5.79. The lowest BCUT2D eigenvalue weighted by Crippen LogP contribution is -2.08. The smallest absolute Gasteiger partial charge is 0.167 e. The summed E-state index contributed by atoms with van der Waals surface area (Å²) in [5.74, 6) is 0.738. The van der Waals surface area contributed by atoms with Crippen molar-refractivity contribution in [3.63, 3.8) is 0 Å². The van der Waals surface area contributed by atoms with Crippen molar-refractivity contribution in [2.24, 2.45) is 5.73 Å². The van der Waals surface area contributed by atoms with Crippen LogP contribution in [-0.4, -0.2) is 14.8 Å². The van der Waals surface area contributed by atoms with E-state index in [1.807, 2.05) is 4.57 Å². The van der Waals surface area contributed by atoms with Gasteiger partial charge in [0.05, 0.1) is 17.1 Å². The Bertz CT molecular complexity index is 592. The lowest BCUT2D eigenvalue weighted by atomic mass is 10.2. The minimum atomic E-state index is -0.461.